The molecule has 0 aromatic heterocycles. The van der Waals surface area contributed by atoms with Gasteiger partial charge in [0.1, 0.15) is 0 Å². The molecule has 0 atom stereocenters. The summed E-state index contributed by atoms with van der Waals surface area (Å²) in [6.45, 7) is 9.40. The average Bonchev–Trinajstić information content (AvgIpc) is 2.37. The van der Waals surface area contributed by atoms with Crippen molar-refractivity contribution in [3.63, 3.8) is 0 Å². The van der Waals surface area contributed by atoms with Gasteiger partial charge in [-0.2, -0.15) is 0 Å². The Morgan fingerprint density at radius 3 is 2.30 bits per heavy atom. The maximum atomic E-state index is 12.1. The monoisotopic (exact) mass is 381 g/mol. The summed E-state index contributed by atoms with van der Waals surface area (Å²) >= 11 is 3.43. The van der Waals surface area contributed by atoms with Gasteiger partial charge in [-0.05, 0) is 64.7 Å². The van der Waals surface area contributed by atoms with Crippen molar-refractivity contribution >= 4 is 22.0 Å². The van der Waals surface area contributed by atoms with E-state index in [-0.39, 0.29) is 23.2 Å². The predicted octanol–water partition coefficient (Wildman–Crippen LogP) is 3.60. The number of benzene rings is 1. The minimum atomic E-state index is -0.0689. The molecular formula is C18H28BrN3O. The van der Waals surface area contributed by atoms with E-state index in [1.165, 1.54) is 5.56 Å². The van der Waals surface area contributed by atoms with E-state index in [4.69, 9.17) is 0 Å². The number of rotatable bonds is 4. The van der Waals surface area contributed by atoms with E-state index in [0.717, 1.165) is 23.7 Å². The van der Waals surface area contributed by atoms with Gasteiger partial charge >= 0.3 is 6.03 Å². The molecule has 2 rings (SSSR count). The van der Waals surface area contributed by atoms with Crippen LogP contribution in [0.3, 0.4) is 0 Å². The largest absolute Gasteiger partial charge is 0.338 e. The lowest BCUT2D eigenvalue weighted by Crippen LogP contribution is -2.62. The third-order valence-electron chi connectivity index (χ3n) is 4.14. The molecule has 1 heterocycles. The van der Waals surface area contributed by atoms with Gasteiger partial charge in [-0.1, -0.05) is 28.1 Å². The second-order valence-electron chi connectivity index (χ2n) is 7.77. The van der Waals surface area contributed by atoms with Gasteiger partial charge in [0.05, 0.1) is 0 Å². The van der Waals surface area contributed by atoms with Gasteiger partial charge in [-0.25, -0.2) is 4.79 Å². The summed E-state index contributed by atoms with van der Waals surface area (Å²) in [7, 11) is 0. The summed E-state index contributed by atoms with van der Waals surface area (Å²) in [6.07, 6.45) is 2.72. The van der Waals surface area contributed by atoms with Crippen molar-refractivity contribution in [2.45, 2.75) is 64.1 Å². The molecule has 0 bridgehead atoms. The number of piperidine rings is 1. The summed E-state index contributed by atoms with van der Waals surface area (Å²) in [5, 5.41) is 9.72. The smallest absolute Gasteiger partial charge is 0.315 e. The molecule has 1 fully saturated rings. The molecule has 1 aromatic carbocycles. The van der Waals surface area contributed by atoms with Gasteiger partial charge in [0.15, 0.2) is 0 Å². The number of nitrogens with one attached hydrogen (secondary N) is 3. The van der Waals surface area contributed by atoms with Crippen LogP contribution in [0.4, 0.5) is 4.79 Å². The lowest BCUT2D eigenvalue weighted by atomic mass is 9.80. The van der Waals surface area contributed by atoms with Gasteiger partial charge in [0.2, 0.25) is 0 Å². The van der Waals surface area contributed by atoms with Crippen molar-refractivity contribution < 1.29 is 4.79 Å². The SMILES string of the molecule is CC1(C)CC(NC(=O)NCCc2ccc(Br)cc2)CC(C)(C)N1. The second kappa shape index (κ2) is 7.22. The van der Waals surface area contributed by atoms with E-state index in [1.54, 1.807) is 0 Å². The van der Waals surface area contributed by atoms with Crippen molar-refractivity contribution in [2.24, 2.45) is 0 Å². The first-order chi connectivity index (χ1) is 10.7. The lowest BCUT2D eigenvalue weighted by Gasteiger charge is -2.46. The molecule has 0 unspecified atom stereocenters. The number of amides is 2. The fourth-order valence-electron chi connectivity index (χ4n) is 3.63. The minimum absolute atomic E-state index is 0.0388. The zero-order valence-electron chi connectivity index (χ0n) is 14.5. The van der Waals surface area contributed by atoms with E-state index >= 15 is 0 Å². The standard InChI is InChI=1S/C18H28BrN3O/c1-17(2)11-15(12-18(3,4)22-17)21-16(23)20-10-9-13-5-7-14(19)8-6-13/h5-8,15,22H,9-12H2,1-4H3,(H2,20,21,23). The Labute approximate surface area is 147 Å². The Kier molecular flexibility index (Phi) is 5.74. The molecule has 3 N–H and O–H groups in total. The average molecular weight is 382 g/mol. The van der Waals surface area contributed by atoms with Gasteiger partial charge in [-0.3, -0.25) is 0 Å². The van der Waals surface area contributed by atoms with Crippen LogP contribution in [0.1, 0.15) is 46.1 Å². The van der Waals surface area contributed by atoms with Crippen LogP contribution in [0, 0.1) is 0 Å². The first-order valence-electron chi connectivity index (χ1n) is 8.23. The molecule has 128 valence electrons. The summed E-state index contributed by atoms with van der Waals surface area (Å²) in [5.41, 5.74) is 1.30. The van der Waals surface area contributed by atoms with Crippen LogP contribution in [-0.2, 0) is 6.42 Å². The summed E-state index contributed by atoms with van der Waals surface area (Å²) in [4.78, 5) is 12.1. The minimum Gasteiger partial charge on any atom is -0.338 e. The molecule has 4 nitrogen and oxygen atoms in total. The van der Waals surface area contributed by atoms with E-state index in [2.05, 4.69) is 71.7 Å². The third kappa shape index (κ3) is 6.15. The number of hydrogen-bond acceptors (Lipinski definition) is 2. The number of halogens is 1. The normalized spacial score (nSPS) is 20.0. The first-order valence-corrected chi connectivity index (χ1v) is 9.03. The molecule has 1 aliphatic heterocycles. The van der Waals surface area contributed by atoms with E-state index in [0.29, 0.717) is 6.54 Å². The van der Waals surface area contributed by atoms with Crippen LogP contribution >= 0.6 is 15.9 Å². The second-order valence-corrected chi connectivity index (χ2v) is 8.69. The van der Waals surface area contributed by atoms with Crippen molar-refractivity contribution in [3.8, 4) is 0 Å². The van der Waals surface area contributed by atoms with Crippen LogP contribution in [0.15, 0.2) is 28.7 Å². The van der Waals surface area contributed by atoms with Gasteiger partial charge in [-0.15, -0.1) is 0 Å². The van der Waals surface area contributed by atoms with Crippen molar-refractivity contribution in [1.29, 1.82) is 0 Å². The van der Waals surface area contributed by atoms with Crippen LogP contribution in [0.5, 0.6) is 0 Å². The van der Waals surface area contributed by atoms with Crippen LogP contribution in [0.2, 0.25) is 0 Å². The fraction of sp³-hybridized carbons (Fsp3) is 0.611. The molecule has 1 aliphatic rings. The number of urea groups is 1. The Bertz CT molecular complexity index is 524. The first kappa shape index (κ1) is 18.3. The lowest BCUT2D eigenvalue weighted by molar-refractivity contribution is 0.147. The van der Waals surface area contributed by atoms with Crippen molar-refractivity contribution in [2.75, 3.05) is 6.54 Å². The quantitative estimate of drug-likeness (QED) is 0.745. The highest BCUT2D eigenvalue weighted by molar-refractivity contribution is 9.10. The highest BCUT2D eigenvalue weighted by atomic mass is 79.9. The number of carbonyl (C=O) groups excluding carboxylic acids is 1. The van der Waals surface area contributed by atoms with Crippen LogP contribution in [0.25, 0.3) is 0 Å². The highest BCUT2D eigenvalue weighted by Gasteiger charge is 2.38. The predicted molar refractivity (Wildman–Crippen MR) is 98.7 cm³/mol. The van der Waals surface area contributed by atoms with E-state index in [9.17, 15) is 4.79 Å². The van der Waals surface area contributed by atoms with E-state index < -0.39 is 0 Å². The summed E-state index contributed by atoms with van der Waals surface area (Å²) < 4.78 is 1.07. The topological polar surface area (TPSA) is 53.2 Å². The maximum absolute atomic E-state index is 12.1. The van der Waals surface area contributed by atoms with Crippen LogP contribution in [-0.4, -0.2) is 29.7 Å². The molecule has 23 heavy (non-hydrogen) atoms. The molecule has 0 aliphatic carbocycles. The Morgan fingerprint density at radius 1 is 1.17 bits per heavy atom. The third-order valence-corrected chi connectivity index (χ3v) is 4.67. The number of hydrogen-bond donors (Lipinski definition) is 3. The maximum Gasteiger partial charge on any atom is 0.315 e. The summed E-state index contributed by atoms with van der Waals surface area (Å²) in [5.74, 6) is 0. The Balaban J connectivity index is 1.77. The van der Waals surface area contributed by atoms with Crippen molar-refractivity contribution in [3.05, 3.63) is 34.3 Å². The Hall–Kier alpha value is -1.07. The van der Waals surface area contributed by atoms with Gasteiger partial charge < -0.3 is 16.0 Å². The molecule has 2 amide bonds. The molecule has 5 heteroatoms. The molecule has 0 saturated carbocycles. The molecule has 1 aromatic rings. The highest BCUT2D eigenvalue weighted by Crippen LogP contribution is 2.28. The molecule has 1 saturated heterocycles. The zero-order chi connectivity index (χ0) is 17.1. The summed E-state index contributed by atoms with van der Waals surface area (Å²) in [6, 6.07) is 8.32. The van der Waals surface area contributed by atoms with Gasteiger partial charge in [0.25, 0.3) is 0 Å². The molecular weight excluding hydrogens is 354 g/mol. The van der Waals surface area contributed by atoms with Crippen LogP contribution < -0.4 is 16.0 Å². The van der Waals surface area contributed by atoms with Gasteiger partial charge in [0, 0.05) is 28.1 Å². The fourth-order valence-corrected chi connectivity index (χ4v) is 3.90. The molecule has 0 spiro atoms. The zero-order valence-corrected chi connectivity index (χ0v) is 16.1. The number of carbonyl (C=O) groups is 1. The van der Waals surface area contributed by atoms with E-state index in [1.807, 2.05) is 12.1 Å². The van der Waals surface area contributed by atoms with Crippen molar-refractivity contribution in [1.82, 2.24) is 16.0 Å². The Morgan fingerprint density at radius 2 is 1.74 bits per heavy atom. The molecule has 0 radical (unpaired) electrons.